The van der Waals surface area contributed by atoms with Gasteiger partial charge in [-0.2, -0.15) is 0 Å². The van der Waals surface area contributed by atoms with Crippen molar-refractivity contribution in [3.8, 4) is 11.4 Å². The zero-order valence-corrected chi connectivity index (χ0v) is 11.4. The molecule has 1 heterocycles. The summed E-state index contributed by atoms with van der Waals surface area (Å²) in [5.74, 6) is 0.593. The highest BCUT2D eigenvalue weighted by Crippen LogP contribution is 2.18. The second kappa shape index (κ2) is 5.67. The molecule has 5 nitrogen and oxygen atoms in total. The molecule has 0 aliphatic carbocycles. The van der Waals surface area contributed by atoms with Crippen molar-refractivity contribution in [1.82, 2.24) is 15.3 Å². The van der Waals surface area contributed by atoms with Crippen LogP contribution in [0.3, 0.4) is 0 Å². The Morgan fingerprint density at radius 1 is 1.26 bits per heavy atom. The van der Waals surface area contributed by atoms with E-state index < -0.39 is 0 Å². The summed E-state index contributed by atoms with van der Waals surface area (Å²) in [6, 6.07) is 7.89. The summed E-state index contributed by atoms with van der Waals surface area (Å²) in [4.78, 5) is 21.0. The van der Waals surface area contributed by atoms with Gasteiger partial charge in [-0.1, -0.05) is 0 Å². The van der Waals surface area contributed by atoms with Crippen molar-refractivity contribution in [2.24, 2.45) is 0 Å². The smallest absolute Gasteiger partial charge is 0.255 e. The maximum atomic E-state index is 11.8. The number of aromatic amines is 1. The zero-order valence-electron chi connectivity index (χ0n) is 11.4. The molecule has 100 valence electrons. The number of anilines is 1. The van der Waals surface area contributed by atoms with Crippen LogP contribution in [0.5, 0.6) is 0 Å². The molecule has 0 spiro atoms. The van der Waals surface area contributed by atoms with Crippen LogP contribution in [0.25, 0.3) is 11.4 Å². The average molecular weight is 258 g/mol. The third kappa shape index (κ3) is 3.00. The van der Waals surface area contributed by atoms with Gasteiger partial charge in [-0.25, -0.2) is 4.98 Å². The van der Waals surface area contributed by atoms with E-state index >= 15 is 0 Å². The van der Waals surface area contributed by atoms with Crippen LogP contribution in [0.2, 0.25) is 0 Å². The summed E-state index contributed by atoms with van der Waals surface area (Å²) < 4.78 is 0. The van der Waals surface area contributed by atoms with Crippen LogP contribution in [0.4, 0.5) is 5.69 Å². The lowest BCUT2D eigenvalue weighted by Crippen LogP contribution is -2.19. The van der Waals surface area contributed by atoms with Gasteiger partial charge < -0.3 is 15.2 Å². The minimum absolute atomic E-state index is 0.101. The molecule has 0 amide bonds. The van der Waals surface area contributed by atoms with E-state index in [1.165, 1.54) is 0 Å². The third-order valence-electron chi connectivity index (χ3n) is 2.90. The fourth-order valence-corrected chi connectivity index (χ4v) is 1.80. The number of H-pyrrole nitrogens is 1. The molecule has 0 bridgehead atoms. The number of aromatic nitrogens is 2. The molecule has 2 N–H and O–H groups in total. The molecule has 0 unspecified atom stereocenters. The van der Waals surface area contributed by atoms with Gasteiger partial charge in [0.05, 0.1) is 0 Å². The van der Waals surface area contributed by atoms with Crippen LogP contribution in [-0.2, 0) is 6.54 Å². The van der Waals surface area contributed by atoms with Crippen molar-refractivity contribution in [3.05, 3.63) is 46.4 Å². The van der Waals surface area contributed by atoms with E-state index in [0.29, 0.717) is 17.9 Å². The highest BCUT2D eigenvalue weighted by molar-refractivity contribution is 5.59. The van der Waals surface area contributed by atoms with E-state index in [0.717, 1.165) is 11.3 Å². The lowest BCUT2D eigenvalue weighted by atomic mass is 10.2. The Kier molecular flexibility index (Phi) is 3.97. The fraction of sp³-hybridized carbons (Fsp3) is 0.286. The number of benzene rings is 1. The molecule has 1 aromatic carbocycles. The molecule has 0 saturated heterocycles. The molecule has 0 atom stereocenters. The van der Waals surface area contributed by atoms with Gasteiger partial charge >= 0.3 is 0 Å². The topological polar surface area (TPSA) is 61.0 Å². The Bertz CT molecular complexity index is 602. The Balaban J connectivity index is 2.31. The molecule has 0 fully saturated rings. The Morgan fingerprint density at radius 3 is 2.47 bits per heavy atom. The minimum Gasteiger partial charge on any atom is -0.378 e. The summed E-state index contributed by atoms with van der Waals surface area (Å²) >= 11 is 0. The Labute approximate surface area is 112 Å². The Hall–Kier alpha value is -2.14. The SMILES string of the molecule is CNCc1cnc(-c2ccc(N(C)C)cc2)[nH]c1=O. The summed E-state index contributed by atoms with van der Waals surface area (Å²) in [6.07, 6.45) is 1.62. The van der Waals surface area contributed by atoms with Gasteiger partial charge in [-0.3, -0.25) is 4.79 Å². The molecule has 0 radical (unpaired) electrons. The molecular formula is C14H18N4O. The monoisotopic (exact) mass is 258 g/mol. The van der Waals surface area contributed by atoms with Gasteiger partial charge in [0.25, 0.3) is 5.56 Å². The molecule has 19 heavy (non-hydrogen) atoms. The minimum atomic E-state index is -0.101. The van der Waals surface area contributed by atoms with Crippen molar-refractivity contribution < 1.29 is 0 Å². The largest absolute Gasteiger partial charge is 0.378 e. The van der Waals surface area contributed by atoms with E-state index in [1.807, 2.05) is 43.3 Å². The zero-order chi connectivity index (χ0) is 13.8. The molecule has 1 aromatic heterocycles. The maximum Gasteiger partial charge on any atom is 0.255 e. The highest BCUT2D eigenvalue weighted by Gasteiger charge is 2.04. The van der Waals surface area contributed by atoms with Crippen LogP contribution in [0, 0.1) is 0 Å². The second-order valence-electron chi connectivity index (χ2n) is 4.56. The number of nitrogens with one attached hydrogen (secondary N) is 2. The van der Waals surface area contributed by atoms with E-state index in [-0.39, 0.29) is 5.56 Å². The molecule has 2 aromatic rings. The first kappa shape index (κ1) is 13.3. The van der Waals surface area contributed by atoms with Crippen LogP contribution in [-0.4, -0.2) is 31.1 Å². The first-order valence-electron chi connectivity index (χ1n) is 6.12. The highest BCUT2D eigenvalue weighted by atomic mass is 16.1. The van der Waals surface area contributed by atoms with Gasteiger partial charge in [0.2, 0.25) is 0 Å². The van der Waals surface area contributed by atoms with Crippen LogP contribution in [0.15, 0.2) is 35.3 Å². The third-order valence-corrected chi connectivity index (χ3v) is 2.90. The van der Waals surface area contributed by atoms with Gasteiger partial charge in [0.15, 0.2) is 0 Å². The van der Waals surface area contributed by atoms with Crippen molar-refractivity contribution in [2.45, 2.75) is 6.54 Å². The summed E-state index contributed by atoms with van der Waals surface area (Å²) in [5, 5.41) is 2.94. The van der Waals surface area contributed by atoms with Gasteiger partial charge in [-0.05, 0) is 31.3 Å². The lowest BCUT2D eigenvalue weighted by molar-refractivity contribution is 0.798. The molecule has 5 heteroatoms. The van der Waals surface area contributed by atoms with Crippen LogP contribution < -0.4 is 15.8 Å². The van der Waals surface area contributed by atoms with E-state index in [2.05, 4.69) is 15.3 Å². The quantitative estimate of drug-likeness (QED) is 0.865. The number of hydrogen-bond donors (Lipinski definition) is 2. The van der Waals surface area contributed by atoms with E-state index in [9.17, 15) is 4.79 Å². The normalized spacial score (nSPS) is 10.5. The predicted octanol–water partition coefficient (Wildman–Crippen LogP) is 1.22. The standard InChI is InChI=1S/C14H18N4O/c1-15-8-11-9-16-13(17-14(11)19)10-4-6-12(7-5-10)18(2)3/h4-7,9,15H,8H2,1-3H3,(H,16,17,19). The lowest BCUT2D eigenvalue weighted by Gasteiger charge is -2.12. The second-order valence-corrected chi connectivity index (χ2v) is 4.56. The molecule has 0 saturated carbocycles. The maximum absolute atomic E-state index is 11.8. The fourth-order valence-electron chi connectivity index (χ4n) is 1.80. The first-order valence-corrected chi connectivity index (χ1v) is 6.12. The van der Waals surface area contributed by atoms with Gasteiger partial charge in [0.1, 0.15) is 5.82 Å². The molecular weight excluding hydrogens is 240 g/mol. The first-order chi connectivity index (χ1) is 9.11. The van der Waals surface area contributed by atoms with Crippen LogP contribution >= 0.6 is 0 Å². The molecule has 2 rings (SSSR count). The molecule has 0 aliphatic heterocycles. The van der Waals surface area contributed by atoms with Crippen molar-refractivity contribution >= 4 is 5.69 Å². The summed E-state index contributed by atoms with van der Waals surface area (Å²) in [6.45, 7) is 0.516. The number of rotatable bonds is 4. The van der Waals surface area contributed by atoms with Crippen molar-refractivity contribution in [2.75, 3.05) is 26.0 Å². The van der Waals surface area contributed by atoms with Crippen molar-refractivity contribution in [1.29, 1.82) is 0 Å². The number of nitrogens with zero attached hydrogens (tertiary/aromatic N) is 2. The number of hydrogen-bond acceptors (Lipinski definition) is 4. The van der Waals surface area contributed by atoms with Crippen molar-refractivity contribution in [3.63, 3.8) is 0 Å². The predicted molar refractivity (Wildman–Crippen MR) is 77.4 cm³/mol. The summed E-state index contributed by atoms with van der Waals surface area (Å²) in [5.41, 5.74) is 2.55. The van der Waals surface area contributed by atoms with Gasteiger partial charge in [-0.15, -0.1) is 0 Å². The van der Waals surface area contributed by atoms with E-state index in [4.69, 9.17) is 0 Å². The van der Waals surface area contributed by atoms with E-state index in [1.54, 1.807) is 13.2 Å². The molecule has 0 aliphatic rings. The van der Waals surface area contributed by atoms with Gasteiger partial charge in [0, 0.05) is 43.7 Å². The van der Waals surface area contributed by atoms with Crippen LogP contribution in [0.1, 0.15) is 5.56 Å². The average Bonchev–Trinajstić information content (AvgIpc) is 2.41. The summed E-state index contributed by atoms with van der Waals surface area (Å²) in [7, 11) is 5.77. The Morgan fingerprint density at radius 2 is 1.95 bits per heavy atom.